The molecule has 134 valence electrons. The Morgan fingerprint density at radius 1 is 1.15 bits per heavy atom. The lowest BCUT2D eigenvalue weighted by Crippen LogP contribution is -2.18. The van der Waals surface area contributed by atoms with Gasteiger partial charge in [0.05, 0.1) is 6.21 Å². The second kappa shape index (κ2) is 7.42. The summed E-state index contributed by atoms with van der Waals surface area (Å²) in [4.78, 5) is 16.0. The Morgan fingerprint density at radius 2 is 1.96 bits per heavy atom. The van der Waals surface area contributed by atoms with Crippen molar-refractivity contribution in [2.24, 2.45) is 5.10 Å². The number of H-pyrrole nitrogens is 1. The molecule has 0 unspecified atom stereocenters. The molecule has 0 aliphatic carbocycles. The first-order valence-corrected chi connectivity index (χ1v) is 9.24. The number of hydrazone groups is 1. The van der Waals surface area contributed by atoms with Crippen LogP contribution in [0, 0.1) is 0 Å². The van der Waals surface area contributed by atoms with Gasteiger partial charge < -0.3 is 9.40 Å². The van der Waals surface area contributed by atoms with Gasteiger partial charge in [-0.3, -0.25) is 4.79 Å². The lowest BCUT2D eigenvalue weighted by molar-refractivity contribution is 0.0951. The number of fused-ring (bicyclic) bond motifs is 1. The number of hydrogen-bond acceptors (Lipinski definition) is 3. The third-order valence-electron chi connectivity index (χ3n) is 4.00. The van der Waals surface area contributed by atoms with Gasteiger partial charge in [0, 0.05) is 20.9 Å². The first-order valence-electron chi connectivity index (χ1n) is 8.07. The maximum atomic E-state index is 12.8. The number of carbonyl (C=O) groups is 1. The molecule has 2 aromatic heterocycles. The number of nitrogens with zero attached hydrogens (tertiary/aromatic N) is 1. The predicted molar refractivity (Wildman–Crippen MR) is 110 cm³/mol. The molecule has 1 amide bonds. The Kier molecular flexibility index (Phi) is 4.83. The van der Waals surface area contributed by atoms with Crippen LogP contribution in [0.15, 0.2) is 74.7 Å². The van der Waals surface area contributed by atoms with E-state index in [9.17, 15) is 4.79 Å². The van der Waals surface area contributed by atoms with Gasteiger partial charge >= 0.3 is 0 Å². The zero-order valence-electron chi connectivity index (χ0n) is 13.9. The number of furan rings is 1. The summed E-state index contributed by atoms with van der Waals surface area (Å²) in [5, 5.41) is 5.15. The molecule has 7 heteroatoms. The number of halogens is 2. The van der Waals surface area contributed by atoms with Gasteiger partial charge in [0.1, 0.15) is 11.5 Å². The molecule has 0 spiro atoms. The van der Waals surface area contributed by atoms with E-state index in [2.05, 4.69) is 31.4 Å². The zero-order chi connectivity index (χ0) is 18.8. The second-order valence-electron chi connectivity index (χ2n) is 5.77. The van der Waals surface area contributed by atoms with Crippen molar-refractivity contribution in [3.05, 3.63) is 81.8 Å². The van der Waals surface area contributed by atoms with E-state index >= 15 is 0 Å². The summed E-state index contributed by atoms with van der Waals surface area (Å²) in [6.07, 6.45) is 1.39. The van der Waals surface area contributed by atoms with Gasteiger partial charge in [-0.1, -0.05) is 46.3 Å². The van der Waals surface area contributed by atoms with E-state index in [0.29, 0.717) is 11.5 Å². The number of amides is 1. The van der Waals surface area contributed by atoms with Crippen LogP contribution >= 0.6 is 27.5 Å². The van der Waals surface area contributed by atoms with Crippen molar-refractivity contribution in [2.45, 2.75) is 0 Å². The summed E-state index contributed by atoms with van der Waals surface area (Å²) < 4.78 is 6.11. The highest BCUT2D eigenvalue weighted by Crippen LogP contribution is 2.34. The van der Waals surface area contributed by atoms with E-state index < -0.39 is 0 Å². The highest BCUT2D eigenvalue weighted by Gasteiger charge is 2.19. The van der Waals surface area contributed by atoms with Crippen LogP contribution in [0.3, 0.4) is 0 Å². The van der Waals surface area contributed by atoms with Gasteiger partial charge in [0.2, 0.25) is 0 Å². The number of rotatable bonds is 4. The number of benzene rings is 2. The first kappa shape index (κ1) is 17.6. The summed E-state index contributed by atoms with van der Waals surface area (Å²) in [6.45, 7) is 0. The van der Waals surface area contributed by atoms with Crippen LogP contribution in [0.4, 0.5) is 0 Å². The van der Waals surface area contributed by atoms with Crippen LogP contribution in [-0.4, -0.2) is 17.1 Å². The molecular formula is C20H13BrClN3O2. The SMILES string of the molecule is O=C(N/N=C/c1ccc(Cl)o1)c1[nH]c2ccc(Br)cc2c1-c1ccccc1. The van der Waals surface area contributed by atoms with Crippen LogP contribution in [0.5, 0.6) is 0 Å². The Hall–Kier alpha value is -2.83. The molecule has 0 atom stereocenters. The zero-order valence-corrected chi connectivity index (χ0v) is 16.2. The molecule has 27 heavy (non-hydrogen) atoms. The third-order valence-corrected chi connectivity index (χ3v) is 4.70. The molecule has 5 nitrogen and oxygen atoms in total. The Bertz CT molecular complexity index is 1150. The molecule has 2 aromatic carbocycles. The average molecular weight is 443 g/mol. The molecule has 0 radical (unpaired) electrons. The van der Waals surface area contributed by atoms with Crippen molar-refractivity contribution >= 4 is 50.6 Å². The van der Waals surface area contributed by atoms with Crippen LogP contribution in [0.1, 0.15) is 16.2 Å². The van der Waals surface area contributed by atoms with Crippen LogP contribution in [0.2, 0.25) is 5.22 Å². The third kappa shape index (κ3) is 3.67. The van der Waals surface area contributed by atoms with E-state index in [1.54, 1.807) is 12.1 Å². The van der Waals surface area contributed by atoms with Crippen molar-refractivity contribution in [1.29, 1.82) is 0 Å². The topological polar surface area (TPSA) is 70.4 Å². The summed E-state index contributed by atoms with van der Waals surface area (Å²) in [5.74, 6) is 0.0965. The summed E-state index contributed by atoms with van der Waals surface area (Å²) >= 11 is 9.22. The number of aromatic amines is 1. The fourth-order valence-corrected chi connectivity index (χ4v) is 3.36. The van der Waals surface area contributed by atoms with E-state index in [-0.39, 0.29) is 11.1 Å². The molecule has 2 heterocycles. The van der Waals surface area contributed by atoms with Gasteiger partial charge in [-0.25, -0.2) is 5.43 Å². The fraction of sp³-hybridized carbons (Fsp3) is 0. The largest absolute Gasteiger partial charge is 0.444 e. The van der Waals surface area contributed by atoms with E-state index in [1.165, 1.54) is 6.21 Å². The van der Waals surface area contributed by atoms with Gasteiger partial charge in [0.15, 0.2) is 5.22 Å². The van der Waals surface area contributed by atoms with Gasteiger partial charge in [-0.2, -0.15) is 5.10 Å². The number of nitrogens with one attached hydrogen (secondary N) is 2. The average Bonchev–Trinajstić information content (AvgIpc) is 3.25. The highest BCUT2D eigenvalue weighted by atomic mass is 79.9. The maximum Gasteiger partial charge on any atom is 0.288 e. The number of aromatic nitrogens is 1. The predicted octanol–water partition coefficient (Wildman–Crippen LogP) is 5.61. The van der Waals surface area contributed by atoms with E-state index in [1.807, 2.05) is 48.5 Å². The number of carbonyl (C=O) groups excluding carboxylic acids is 1. The van der Waals surface area contributed by atoms with Crippen molar-refractivity contribution in [1.82, 2.24) is 10.4 Å². The minimum Gasteiger partial charge on any atom is -0.444 e. The van der Waals surface area contributed by atoms with Gasteiger partial charge in [0.25, 0.3) is 5.91 Å². The molecular weight excluding hydrogens is 430 g/mol. The molecule has 0 fully saturated rings. The van der Waals surface area contributed by atoms with Crippen molar-refractivity contribution in [3.63, 3.8) is 0 Å². The molecule has 0 aliphatic rings. The smallest absolute Gasteiger partial charge is 0.288 e. The van der Waals surface area contributed by atoms with E-state index in [0.717, 1.165) is 26.5 Å². The van der Waals surface area contributed by atoms with Crippen LogP contribution in [0.25, 0.3) is 22.0 Å². The second-order valence-corrected chi connectivity index (χ2v) is 7.06. The normalized spacial score (nSPS) is 11.3. The molecule has 0 aliphatic heterocycles. The minimum atomic E-state index is -0.352. The molecule has 4 rings (SSSR count). The monoisotopic (exact) mass is 441 g/mol. The fourth-order valence-electron chi connectivity index (χ4n) is 2.85. The Balaban J connectivity index is 1.72. The Labute approximate surface area is 168 Å². The number of hydrogen-bond donors (Lipinski definition) is 2. The molecule has 0 saturated carbocycles. The molecule has 0 saturated heterocycles. The van der Waals surface area contributed by atoms with Gasteiger partial charge in [-0.15, -0.1) is 0 Å². The lowest BCUT2D eigenvalue weighted by atomic mass is 10.0. The van der Waals surface area contributed by atoms with Gasteiger partial charge in [-0.05, 0) is 47.5 Å². The standard InChI is InChI=1S/C20H13BrClN3O2/c21-13-6-8-16-15(10-13)18(12-4-2-1-3-5-12)19(24-16)20(26)25-23-11-14-7-9-17(22)27-14/h1-11,24H,(H,25,26)/b23-11+. The maximum absolute atomic E-state index is 12.8. The summed E-state index contributed by atoms with van der Waals surface area (Å²) in [6, 6.07) is 18.8. The summed E-state index contributed by atoms with van der Waals surface area (Å²) in [5.41, 5.74) is 5.58. The van der Waals surface area contributed by atoms with E-state index in [4.69, 9.17) is 16.0 Å². The van der Waals surface area contributed by atoms with Crippen LogP contribution < -0.4 is 5.43 Å². The van der Waals surface area contributed by atoms with Crippen molar-refractivity contribution in [2.75, 3.05) is 0 Å². The Morgan fingerprint density at radius 3 is 2.70 bits per heavy atom. The minimum absolute atomic E-state index is 0.260. The molecule has 0 bridgehead atoms. The molecule has 2 N–H and O–H groups in total. The first-order chi connectivity index (χ1) is 13.1. The highest BCUT2D eigenvalue weighted by molar-refractivity contribution is 9.10. The van der Waals surface area contributed by atoms with Crippen LogP contribution in [-0.2, 0) is 0 Å². The molecule has 4 aromatic rings. The van der Waals surface area contributed by atoms with Crippen molar-refractivity contribution in [3.8, 4) is 11.1 Å². The lowest BCUT2D eigenvalue weighted by Gasteiger charge is -2.04. The quantitative estimate of drug-likeness (QED) is 0.319. The summed E-state index contributed by atoms with van der Waals surface area (Å²) in [7, 11) is 0. The van der Waals surface area contributed by atoms with Crippen molar-refractivity contribution < 1.29 is 9.21 Å².